The number of hydrogen-bond donors (Lipinski definition) is 1. The second kappa shape index (κ2) is 9.95. The Kier molecular flexibility index (Phi) is 7.00. The maximum atomic E-state index is 14.4. The number of aliphatic hydroxyl groups is 1. The molecule has 4 heterocycles. The Morgan fingerprint density at radius 1 is 1.08 bits per heavy atom. The summed E-state index contributed by atoms with van der Waals surface area (Å²) in [7, 11) is 0. The minimum absolute atomic E-state index is 0.0730. The van der Waals surface area contributed by atoms with Crippen molar-refractivity contribution < 1.29 is 24.2 Å². The van der Waals surface area contributed by atoms with E-state index in [0.717, 1.165) is 18.4 Å². The summed E-state index contributed by atoms with van der Waals surface area (Å²) in [6.45, 7) is 6.77. The Bertz CT molecular complexity index is 1120. The minimum atomic E-state index is -0.941. The van der Waals surface area contributed by atoms with E-state index in [0.29, 0.717) is 19.7 Å². The van der Waals surface area contributed by atoms with Gasteiger partial charge in [0.05, 0.1) is 35.8 Å². The molecule has 0 radical (unpaired) electrons. The van der Waals surface area contributed by atoms with E-state index in [2.05, 4.69) is 6.08 Å². The van der Waals surface area contributed by atoms with Crippen LogP contribution in [0.25, 0.3) is 0 Å². The van der Waals surface area contributed by atoms with Gasteiger partial charge in [-0.25, -0.2) is 0 Å². The molecule has 4 aliphatic rings. The van der Waals surface area contributed by atoms with Gasteiger partial charge >= 0.3 is 5.97 Å². The Morgan fingerprint density at radius 3 is 2.54 bits per heavy atom. The van der Waals surface area contributed by atoms with Gasteiger partial charge in [0, 0.05) is 17.8 Å². The largest absolute Gasteiger partial charge is 0.465 e. The first-order valence-corrected chi connectivity index (χ1v) is 14.0. The van der Waals surface area contributed by atoms with Gasteiger partial charge in [0.1, 0.15) is 6.04 Å². The van der Waals surface area contributed by atoms with E-state index in [-0.39, 0.29) is 30.3 Å². The number of aliphatic hydroxyl groups excluding tert-OH is 1. The number of ether oxygens (including phenoxy) is 1. The third-order valence-electron chi connectivity index (χ3n) is 8.30. The van der Waals surface area contributed by atoms with Crippen molar-refractivity contribution in [3.8, 4) is 0 Å². The number of thioether (sulfide) groups is 1. The van der Waals surface area contributed by atoms with Crippen molar-refractivity contribution in [3.05, 3.63) is 60.2 Å². The molecule has 6 atom stereocenters. The average molecular weight is 525 g/mol. The highest BCUT2D eigenvalue weighted by atomic mass is 32.2. The highest BCUT2D eigenvalue weighted by Crippen LogP contribution is 2.65. The average Bonchev–Trinajstić information content (AvgIpc) is 3.22. The molecular formula is C29H36N2O5S. The molecular weight excluding hydrogens is 488 g/mol. The number of nitrogens with zero attached hydrogens (tertiary/aromatic N) is 2. The molecule has 5 rings (SSSR count). The van der Waals surface area contributed by atoms with Crippen molar-refractivity contribution in [3.63, 3.8) is 0 Å². The third kappa shape index (κ3) is 4.22. The summed E-state index contributed by atoms with van der Waals surface area (Å²) in [5.41, 5.74) is 1.01. The lowest BCUT2D eigenvalue weighted by Gasteiger charge is -2.41. The molecule has 198 valence electrons. The summed E-state index contributed by atoms with van der Waals surface area (Å²) < 4.78 is 4.03. The quantitative estimate of drug-likeness (QED) is 0.470. The number of carbonyl (C=O) groups excluding carboxylic acids is 3. The number of likely N-dealkylation sites (tertiary alicyclic amines) is 1. The van der Waals surface area contributed by atoms with Gasteiger partial charge in [0.25, 0.3) is 0 Å². The number of cyclic esters (lactones) is 1. The monoisotopic (exact) mass is 524 g/mol. The van der Waals surface area contributed by atoms with Crippen molar-refractivity contribution in [2.45, 2.75) is 61.7 Å². The summed E-state index contributed by atoms with van der Waals surface area (Å²) in [6.07, 6.45) is 9.63. The van der Waals surface area contributed by atoms with E-state index in [1.165, 1.54) is 0 Å². The van der Waals surface area contributed by atoms with Crippen LogP contribution < -0.4 is 0 Å². The minimum Gasteiger partial charge on any atom is -0.465 e. The Labute approximate surface area is 222 Å². The van der Waals surface area contributed by atoms with Crippen LogP contribution in [0.5, 0.6) is 0 Å². The van der Waals surface area contributed by atoms with Gasteiger partial charge in [-0.1, -0.05) is 68.5 Å². The zero-order chi connectivity index (χ0) is 26.4. The number of hydrogen-bond acceptors (Lipinski definition) is 6. The van der Waals surface area contributed by atoms with Gasteiger partial charge in [-0.2, -0.15) is 0 Å². The van der Waals surface area contributed by atoms with E-state index in [1.807, 2.05) is 69.3 Å². The number of allylic oxidation sites excluding steroid dienone is 1. The standard InChI is InChI=1S/C29H36N2O5S/c1-19(2)21(18-32)31-24-26(34)30(17-20-11-6-4-7-12-20)15-10-14-29(24)22(25(31)33)23-27(35)36-16-9-5-8-13-28(23,3)37-29/h4,6-8,10-14,19,21-24,32H,5,9,15-18H2,1-3H3/b13-8-/t21-,22-,23+,24?,28-,29-/m0/s1. The molecule has 4 aliphatic heterocycles. The maximum absolute atomic E-state index is 14.4. The van der Waals surface area contributed by atoms with Crippen molar-refractivity contribution in [1.82, 2.24) is 9.80 Å². The molecule has 1 aromatic carbocycles. The van der Waals surface area contributed by atoms with Crippen molar-refractivity contribution >= 4 is 29.5 Å². The van der Waals surface area contributed by atoms with Crippen LogP contribution >= 0.6 is 11.8 Å². The SMILES string of the molecule is CC(C)[C@H](CO)N1C(=O)[C@@H]2[C@@H]3C(=O)OCCC/C=C\[C@]3(C)S[C@@]23C=CCN(Cc2ccccc2)C(=O)C13. The highest BCUT2D eigenvalue weighted by molar-refractivity contribution is 8.02. The van der Waals surface area contributed by atoms with Crippen LogP contribution in [0.4, 0.5) is 0 Å². The van der Waals surface area contributed by atoms with Crippen LogP contribution in [-0.4, -0.2) is 74.0 Å². The van der Waals surface area contributed by atoms with E-state index in [4.69, 9.17) is 4.74 Å². The summed E-state index contributed by atoms with van der Waals surface area (Å²) >= 11 is 1.54. The lowest BCUT2D eigenvalue weighted by atomic mass is 9.74. The highest BCUT2D eigenvalue weighted by Gasteiger charge is 2.74. The van der Waals surface area contributed by atoms with Gasteiger partial charge in [0.15, 0.2) is 0 Å². The smallest absolute Gasteiger partial charge is 0.311 e. The molecule has 7 nitrogen and oxygen atoms in total. The number of benzene rings is 1. The van der Waals surface area contributed by atoms with Gasteiger partial charge < -0.3 is 19.6 Å². The summed E-state index contributed by atoms with van der Waals surface area (Å²) in [6, 6.07) is 8.44. The first kappa shape index (κ1) is 26.0. The summed E-state index contributed by atoms with van der Waals surface area (Å²) in [4.78, 5) is 45.7. The van der Waals surface area contributed by atoms with Crippen LogP contribution in [0.2, 0.25) is 0 Å². The molecule has 1 spiro atoms. The maximum Gasteiger partial charge on any atom is 0.311 e. The molecule has 2 saturated heterocycles. The zero-order valence-corrected chi connectivity index (χ0v) is 22.5. The molecule has 8 heteroatoms. The molecule has 1 unspecified atom stereocenters. The van der Waals surface area contributed by atoms with Crippen molar-refractivity contribution in [2.75, 3.05) is 19.8 Å². The predicted molar refractivity (Wildman–Crippen MR) is 142 cm³/mol. The van der Waals surface area contributed by atoms with Crippen LogP contribution in [0.15, 0.2) is 54.6 Å². The van der Waals surface area contributed by atoms with Gasteiger partial charge in [-0.05, 0) is 31.2 Å². The van der Waals surface area contributed by atoms with Crippen LogP contribution in [0.3, 0.4) is 0 Å². The van der Waals surface area contributed by atoms with Gasteiger partial charge in [-0.3, -0.25) is 14.4 Å². The molecule has 1 N–H and O–H groups in total. The molecule has 2 amide bonds. The fraction of sp³-hybridized carbons (Fsp3) is 0.552. The lowest BCUT2D eigenvalue weighted by Crippen LogP contribution is -2.57. The second-order valence-electron chi connectivity index (χ2n) is 11.1. The predicted octanol–water partition coefficient (Wildman–Crippen LogP) is 3.18. The van der Waals surface area contributed by atoms with Crippen LogP contribution in [-0.2, 0) is 25.7 Å². The fourth-order valence-electron chi connectivity index (χ4n) is 6.54. The molecule has 0 aromatic heterocycles. The van der Waals surface area contributed by atoms with E-state index < -0.39 is 33.4 Å². The van der Waals surface area contributed by atoms with Gasteiger partial charge in [0.2, 0.25) is 11.8 Å². The molecule has 37 heavy (non-hydrogen) atoms. The first-order chi connectivity index (χ1) is 17.7. The molecule has 0 aliphatic carbocycles. The number of rotatable bonds is 5. The van der Waals surface area contributed by atoms with Crippen molar-refractivity contribution in [1.29, 1.82) is 0 Å². The van der Waals surface area contributed by atoms with Gasteiger partial charge in [-0.15, -0.1) is 11.8 Å². The Balaban J connectivity index is 1.64. The van der Waals surface area contributed by atoms with E-state index in [1.54, 1.807) is 21.6 Å². The number of amides is 2. The van der Waals surface area contributed by atoms with E-state index in [9.17, 15) is 19.5 Å². The third-order valence-corrected chi connectivity index (χ3v) is 10.1. The molecule has 2 fully saturated rings. The topological polar surface area (TPSA) is 87.2 Å². The van der Waals surface area contributed by atoms with Crippen LogP contribution in [0, 0.1) is 17.8 Å². The van der Waals surface area contributed by atoms with Crippen LogP contribution in [0.1, 0.15) is 39.2 Å². The number of carbonyl (C=O) groups is 3. The number of fused-ring (bicyclic) bond motifs is 2. The molecule has 0 bridgehead atoms. The number of esters is 1. The first-order valence-electron chi connectivity index (χ1n) is 13.2. The molecule has 1 aromatic rings. The summed E-state index contributed by atoms with van der Waals surface area (Å²) in [5, 5.41) is 10.4. The normalized spacial score (nSPS) is 35.2. The summed E-state index contributed by atoms with van der Waals surface area (Å²) in [5.74, 6) is -2.33. The second-order valence-corrected chi connectivity index (χ2v) is 12.8. The van der Waals surface area contributed by atoms with E-state index >= 15 is 0 Å². The van der Waals surface area contributed by atoms with Crippen molar-refractivity contribution in [2.24, 2.45) is 17.8 Å². The lowest BCUT2D eigenvalue weighted by molar-refractivity contribution is -0.155. The fourth-order valence-corrected chi connectivity index (χ4v) is 8.68. The zero-order valence-electron chi connectivity index (χ0n) is 21.7. The molecule has 0 saturated carbocycles. The Hall–Kier alpha value is -2.58. The Morgan fingerprint density at radius 2 is 1.84 bits per heavy atom.